The van der Waals surface area contributed by atoms with Crippen molar-refractivity contribution in [3.8, 4) is 45.8 Å². The number of allylic oxidation sites excluding steroid dienone is 1. The predicted molar refractivity (Wildman–Crippen MR) is 200 cm³/mol. The van der Waals surface area contributed by atoms with Crippen LogP contribution in [0.4, 0.5) is 0 Å². The first-order chi connectivity index (χ1) is 24.1. The van der Waals surface area contributed by atoms with Crippen LogP contribution in [0.15, 0.2) is 140 Å². The Balaban J connectivity index is 1.24. The number of nitriles is 2. The van der Waals surface area contributed by atoms with Gasteiger partial charge in [-0.15, -0.1) is 0 Å². The third-order valence-electron chi connectivity index (χ3n) is 9.95. The minimum atomic E-state index is 0.400. The van der Waals surface area contributed by atoms with Crippen LogP contribution in [-0.4, -0.2) is 9.13 Å². The first kappa shape index (κ1) is 28.6. The maximum absolute atomic E-state index is 10.5. The van der Waals surface area contributed by atoms with Crippen LogP contribution in [-0.2, 0) is 6.42 Å². The molecule has 1 unspecified atom stereocenters. The van der Waals surface area contributed by atoms with Crippen molar-refractivity contribution in [2.24, 2.45) is 5.92 Å². The van der Waals surface area contributed by atoms with E-state index in [1.165, 1.54) is 16.6 Å². The molecule has 0 fully saturated rings. The van der Waals surface area contributed by atoms with Crippen molar-refractivity contribution in [3.05, 3.63) is 162 Å². The second-order valence-corrected chi connectivity index (χ2v) is 12.9. The minimum absolute atomic E-state index is 0.400. The summed E-state index contributed by atoms with van der Waals surface area (Å²) in [7, 11) is 0. The Hall–Kier alpha value is -6.62. The van der Waals surface area contributed by atoms with Crippen LogP contribution < -0.4 is 0 Å². The molecule has 0 saturated heterocycles. The SMILES string of the molecule is CC1C=Cc2c(n(-c3c(C#N)cccc3-c3cccc(-c4ccc(C#N)c(-n5c6ccccc6c6ccccc65)c4)c3)c3ccccc23)C1. The molecule has 0 N–H and O–H groups in total. The Labute approximate surface area is 284 Å². The molecule has 0 amide bonds. The van der Waals surface area contributed by atoms with Gasteiger partial charge in [-0.2, -0.15) is 10.5 Å². The van der Waals surface area contributed by atoms with Crippen molar-refractivity contribution in [2.45, 2.75) is 13.3 Å². The van der Waals surface area contributed by atoms with Crippen molar-refractivity contribution < 1.29 is 0 Å². The highest BCUT2D eigenvalue weighted by molar-refractivity contribution is 6.09. The minimum Gasteiger partial charge on any atom is -0.311 e. The molecule has 1 aliphatic rings. The summed E-state index contributed by atoms with van der Waals surface area (Å²) in [5, 5.41) is 24.2. The average molecular weight is 627 g/mol. The van der Waals surface area contributed by atoms with E-state index in [0.717, 1.165) is 67.4 Å². The Kier molecular flexibility index (Phi) is 6.57. The smallest absolute Gasteiger partial charge is 0.101 e. The van der Waals surface area contributed by atoms with Gasteiger partial charge in [-0.05, 0) is 71.5 Å². The number of para-hydroxylation sites is 4. The van der Waals surface area contributed by atoms with Gasteiger partial charge in [0, 0.05) is 33.0 Å². The van der Waals surface area contributed by atoms with Gasteiger partial charge in [-0.1, -0.05) is 110 Å². The summed E-state index contributed by atoms with van der Waals surface area (Å²) in [4.78, 5) is 0. The second-order valence-electron chi connectivity index (χ2n) is 12.9. The highest BCUT2D eigenvalue weighted by atomic mass is 15.0. The quantitative estimate of drug-likeness (QED) is 0.195. The summed E-state index contributed by atoms with van der Waals surface area (Å²) in [5.41, 5.74) is 12.8. The van der Waals surface area contributed by atoms with Gasteiger partial charge in [0.05, 0.1) is 39.1 Å². The Morgan fingerprint density at radius 2 is 1.18 bits per heavy atom. The summed E-state index contributed by atoms with van der Waals surface area (Å²) < 4.78 is 4.54. The summed E-state index contributed by atoms with van der Waals surface area (Å²) in [5.74, 6) is 0.400. The van der Waals surface area contributed by atoms with Crippen LogP contribution >= 0.6 is 0 Å². The second kappa shape index (κ2) is 11.3. The number of benzene rings is 6. The van der Waals surface area contributed by atoms with Gasteiger partial charge < -0.3 is 9.13 Å². The van der Waals surface area contributed by atoms with E-state index in [0.29, 0.717) is 17.0 Å². The van der Waals surface area contributed by atoms with Crippen molar-refractivity contribution in [3.63, 3.8) is 0 Å². The molecule has 2 heterocycles. The maximum atomic E-state index is 10.5. The zero-order valence-corrected chi connectivity index (χ0v) is 26.9. The number of nitrogens with zero attached hydrogens (tertiary/aromatic N) is 4. The molecule has 2 aromatic heterocycles. The molecule has 1 atom stereocenters. The lowest BCUT2D eigenvalue weighted by atomic mass is 9.93. The monoisotopic (exact) mass is 626 g/mol. The lowest BCUT2D eigenvalue weighted by Crippen LogP contribution is -2.10. The maximum Gasteiger partial charge on any atom is 0.101 e. The number of aromatic nitrogens is 2. The Morgan fingerprint density at radius 1 is 0.571 bits per heavy atom. The molecule has 0 spiro atoms. The van der Waals surface area contributed by atoms with Crippen molar-refractivity contribution >= 4 is 38.8 Å². The molecule has 4 heteroatoms. The van der Waals surface area contributed by atoms with E-state index in [1.54, 1.807) is 0 Å². The zero-order valence-electron chi connectivity index (χ0n) is 26.9. The van der Waals surface area contributed by atoms with Gasteiger partial charge in [0.15, 0.2) is 0 Å². The van der Waals surface area contributed by atoms with Gasteiger partial charge in [-0.25, -0.2) is 0 Å². The van der Waals surface area contributed by atoms with E-state index in [4.69, 9.17) is 0 Å². The number of fused-ring (bicyclic) bond motifs is 6. The first-order valence-corrected chi connectivity index (χ1v) is 16.6. The molecular weight excluding hydrogens is 597 g/mol. The van der Waals surface area contributed by atoms with Gasteiger partial charge in [0.2, 0.25) is 0 Å². The first-order valence-electron chi connectivity index (χ1n) is 16.6. The van der Waals surface area contributed by atoms with E-state index in [9.17, 15) is 10.5 Å². The molecule has 230 valence electrons. The van der Waals surface area contributed by atoms with Crippen molar-refractivity contribution in [1.82, 2.24) is 9.13 Å². The van der Waals surface area contributed by atoms with Crippen LogP contribution in [0.2, 0.25) is 0 Å². The highest BCUT2D eigenvalue weighted by Gasteiger charge is 2.24. The Morgan fingerprint density at radius 3 is 1.90 bits per heavy atom. The number of hydrogen-bond donors (Lipinski definition) is 0. The van der Waals surface area contributed by atoms with E-state index >= 15 is 0 Å². The van der Waals surface area contributed by atoms with Crippen LogP contribution in [0.5, 0.6) is 0 Å². The van der Waals surface area contributed by atoms with Gasteiger partial charge >= 0.3 is 0 Å². The van der Waals surface area contributed by atoms with Crippen molar-refractivity contribution in [1.29, 1.82) is 10.5 Å². The Bertz CT molecular complexity index is 2690. The molecule has 0 aliphatic heterocycles. The normalized spacial score (nSPS) is 13.8. The summed E-state index contributed by atoms with van der Waals surface area (Å²) in [6.07, 6.45) is 5.43. The molecule has 49 heavy (non-hydrogen) atoms. The molecule has 0 saturated carbocycles. The van der Waals surface area contributed by atoms with Crippen LogP contribution in [0.1, 0.15) is 29.3 Å². The van der Waals surface area contributed by atoms with Crippen LogP contribution in [0.3, 0.4) is 0 Å². The zero-order chi connectivity index (χ0) is 33.1. The molecule has 4 nitrogen and oxygen atoms in total. The van der Waals surface area contributed by atoms with E-state index < -0.39 is 0 Å². The molecular formula is C45H30N4. The molecule has 9 rings (SSSR count). The fraction of sp³-hybridized carbons (Fsp3) is 0.0667. The summed E-state index contributed by atoms with van der Waals surface area (Å²) in [6.45, 7) is 2.24. The molecule has 1 aliphatic carbocycles. The largest absolute Gasteiger partial charge is 0.311 e. The van der Waals surface area contributed by atoms with Crippen molar-refractivity contribution in [2.75, 3.05) is 0 Å². The molecule has 6 aromatic carbocycles. The van der Waals surface area contributed by atoms with Gasteiger partial charge in [-0.3, -0.25) is 0 Å². The van der Waals surface area contributed by atoms with Gasteiger partial charge in [0.25, 0.3) is 0 Å². The highest BCUT2D eigenvalue weighted by Crippen LogP contribution is 2.41. The van der Waals surface area contributed by atoms with Crippen LogP contribution in [0, 0.1) is 28.6 Å². The average Bonchev–Trinajstić information content (AvgIpc) is 3.66. The van der Waals surface area contributed by atoms with E-state index in [-0.39, 0.29) is 0 Å². The summed E-state index contributed by atoms with van der Waals surface area (Å²) in [6, 6.07) is 50.9. The molecule has 8 aromatic rings. The fourth-order valence-corrected chi connectivity index (χ4v) is 7.74. The van der Waals surface area contributed by atoms with Crippen LogP contribution in [0.25, 0.3) is 72.4 Å². The van der Waals surface area contributed by atoms with E-state index in [1.807, 2.05) is 36.4 Å². The summed E-state index contributed by atoms with van der Waals surface area (Å²) >= 11 is 0. The standard InChI is InChI=1S/C45H30N4/c1-29-20-23-39-38-15-4-7-19-42(38)49(44(39)24-29)45-34(28-47)12-9-16-35(45)32-11-8-10-30(25-32)31-21-22-33(27-46)43(26-31)48-40-17-5-2-13-36(40)37-14-3-6-18-41(37)48/h2-23,25-26,29H,24H2,1H3. The number of hydrogen-bond acceptors (Lipinski definition) is 2. The van der Waals surface area contributed by atoms with Gasteiger partial charge in [0.1, 0.15) is 12.1 Å². The predicted octanol–water partition coefficient (Wildman–Crippen LogP) is 11.0. The lowest BCUT2D eigenvalue weighted by molar-refractivity contribution is 0.690. The number of rotatable bonds is 4. The molecule has 0 radical (unpaired) electrons. The van der Waals surface area contributed by atoms with E-state index in [2.05, 4.69) is 137 Å². The third kappa shape index (κ3) is 4.43. The molecule has 0 bridgehead atoms. The lowest BCUT2D eigenvalue weighted by Gasteiger charge is -2.21. The topological polar surface area (TPSA) is 57.4 Å². The third-order valence-corrected chi connectivity index (χ3v) is 9.95. The fourth-order valence-electron chi connectivity index (χ4n) is 7.74.